The van der Waals surface area contributed by atoms with Crippen molar-refractivity contribution in [1.82, 2.24) is 9.80 Å². The number of likely N-dealkylation sites (N-methyl/N-ethyl adjacent to an activating group) is 1. The zero-order chi connectivity index (χ0) is 24.7. The van der Waals surface area contributed by atoms with E-state index in [0.29, 0.717) is 43.2 Å². The molecule has 1 aromatic rings. The Balaban J connectivity index is 1.58. The van der Waals surface area contributed by atoms with Gasteiger partial charge >= 0.3 is 0 Å². The molecule has 2 fully saturated rings. The van der Waals surface area contributed by atoms with E-state index in [1.54, 1.807) is 39.6 Å². The highest BCUT2D eigenvalue weighted by molar-refractivity contribution is 8.02. The Bertz CT molecular complexity index is 1090. The van der Waals surface area contributed by atoms with Crippen molar-refractivity contribution in [3.8, 4) is 0 Å². The molecular formula is C26H30ClN3O4S. The maximum atomic E-state index is 14.2. The van der Waals surface area contributed by atoms with Crippen LogP contribution >= 0.6 is 23.4 Å². The molecule has 1 spiro atoms. The van der Waals surface area contributed by atoms with Gasteiger partial charge in [0.15, 0.2) is 0 Å². The van der Waals surface area contributed by atoms with Crippen molar-refractivity contribution < 1.29 is 19.5 Å². The number of para-hydroxylation sites is 1. The SMILES string of the molecule is CN1CC=C[C@@H]2S[C@]34C=CCN(c5ccccc5Cl)C(=O)C3N(CCCCCO)C(=O)[C@@H]4[C@@H]2C1=O. The van der Waals surface area contributed by atoms with Crippen molar-refractivity contribution >= 4 is 46.8 Å². The van der Waals surface area contributed by atoms with Gasteiger partial charge in [-0.05, 0) is 31.4 Å². The second-order valence-corrected chi connectivity index (χ2v) is 11.5. The molecule has 35 heavy (non-hydrogen) atoms. The van der Waals surface area contributed by atoms with Gasteiger partial charge in [0, 0.05) is 38.5 Å². The Hall–Kier alpha value is -2.29. The first-order valence-electron chi connectivity index (χ1n) is 12.1. The summed E-state index contributed by atoms with van der Waals surface area (Å²) in [5, 5.41) is 9.50. The standard InChI is InChI=1S/C26H30ClN3O4S/c1-28-13-7-11-19-20(23(28)32)21-24(33)30(14-5-2-6-16-31)22-25(34)29(15-8-12-26(21,22)35-19)18-10-4-3-9-17(18)27/h3-4,7-12,19-22,31H,2,5-6,13-16H2,1H3/t19-,20+,21-,22?,26-/m0/s1. The number of thioether (sulfide) groups is 1. The predicted octanol–water partition coefficient (Wildman–Crippen LogP) is 2.73. The normalized spacial score (nSPS) is 32.0. The third kappa shape index (κ3) is 3.90. The van der Waals surface area contributed by atoms with Gasteiger partial charge in [0.1, 0.15) is 6.04 Å². The molecule has 0 aliphatic carbocycles. The van der Waals surface area contributed by atoms with Crippen LogP contribution in [0.1, 0.15) is 19.3 Å². The van der Waals surface area contributed by atoms with Crippen LogP contribution in [0.25, 0.3) is 0 Å². The number of aliphatic hydroxyl groups excluding tert-OH is 1. The minimum Gasteiger partial charge on any atom is -0.396 e. The zero-order valence-corrected chi connectivity index (χ0v) is 21.3. The first-order chi connectivity index (χ1) is 16.9. The fourth-order valence-electron chi connectivity index (χ4n) is 5.96. The molecule has 4 heterocycles. The van der Waals surface area contributed by atoms with Gasteiger partial charge in [0.2, 0.25) is 11.8 Å². The van der Waals surface area contributed by atoms with Gasteiger partial charge in [-0.3, -0.25) is 14.4 Å². The lowest BCUT2D eigenvalue weighted by Gasteiger charge is -2.35. The van der Waals surface area contributed by atoms with Gasteiger partial charge in [0.25, 0.3) is 5.91 Å². The predicted molar refractivity (Wildman–Crippen MR) is 137 cm³/mol. The van der Waals surface area contributed by atoms with Crippen LogP contribution in [0.15, 0.2) is 48.6 Å². The van der Waals surface area contributed by atoms with Gasteiger partial charge in [-0.2, -0.15) is 0 Å². The number of halogens is 1. The monoisotopic (exact) mass is 515 g/mol. The summed E-state index contributed by atoms with van der Waals surface area (Å²) >= 11 is 8.06. The van der Waals surface area contributed by atoms with Crippen LogP contribution in [0.2, 0.25) is 5.02 Å². The zero-order valence-electron chi connectivity index (χ0n) is 19.7. The van der Waals surface area contributed by atoms with Crippen molar-refractivity contribution in [2.45, 2.75) is 35.3 Å². The van der Waals surface area contributed by atoms with Crippen LogP contribution in [-0.2, 0) is 14.4 Å². The number of amides is 3. The molecule has 7 nitrogen and oxygen atoms in total. The molecule has 0 aromatic heterocycles. The quantitative estimate of drug-likeness (QED) is 0.465. The molecule has 5 rings (SSSR count). The summed E-state index contributed by atoms with van der Waals surface area (Å²) in [6.45, 7) is 1.37. The van der Waals surface area contributed by atoms with E-state index in [1.165, 1.54) is 0 Å². The van der Waals surface area contributed by atoms with Gasteiger partial charge in [-0.25, -0.2) is 0 Å². The fraction of sp³-hybridized carbons (Fsp3) is 0.500. The molecule has 2 saturated heterocycles. The summed E-state index contributed by atoms with van der Waals surface area (Å²) in [6.07, 6.45) is 10.1. The van der Waals surface area contributed by atoms with Crippen molar-refractivity contribution in [2.24, 2.45) is 11.8 Å². The Morgan fingerprint density at radius 1 is 1.06 bits per heavy atom. The number of nitrogens with zero attached hydrogens (tertiary/aromatic N) is 3. The van der Waals surface area contributed by atoms with E-state index in [0.717, 1.165) is 6.42 Å². The number of fused-ring (bicyclic) bond motifs is 2. The fourth-order valence-corrected chi connectivity index (χ4v) is 8.21. The number of aliphatic hydroxyl groups is 1. The molecule has 186 valence electrons. The lowest BCUT2D eigenvalue weighted by molar-refractivity contribution is -0.142. The molecule has 1 aromatic carbocycles. The largest absolute Gasteiger partial charge is 0.396 e. The Kier molecular flexibility index (Phi) is 6.72. The van der Waals surface area contributed by atoms with Crippen LogP contribution in [-0.4, -0.2) is 82.0 Å². The molecule has 4 aliphatic rings. The Labute approximate surface area is 214 Å². The summed E-state index contributed by atoms with van der Waals surface area (Å²) < 4.78 is -0.825. The summed E-state index contributed by atoms with van der Waals surface area (Å²) in [6, 6.07) is 6.51. The Morgan fingerprint density at radius 2 is 1.86 bits per heavy atom. The summed E-state index contributed by atoms with van der Waals surface area (Å²) in [5.41, 5.74) is 0.616. The molecule has 1 unspecified atom stereocenters. The van der Waals surface area contributed by atoms with E-state index < -0.39 is 22.6 Å². The summed E-state index contributed by atoms with van der Waals surface area (Å²) in [7, 11) is 1.77. The van der Waals surface area contributed by atoms with E-state index in [9.17, 15) is 19.5 Å². The number of anilines is 1. The van der Waals surface area contributed by atoms with Crippen molar-refractivity contribution in [3.05, 3.63) is 53.6 Å². The minimum absolute atomic E-state index is 0.0448. The lowest BCUT2D eigenvalue weighted by Crippen LogP contribution is -2.53. The third-order valence-electron chi connectivity index (χ3n) is 7.56. The molecular weight excluding hydrogens is 486 g/mol. The first-order valence-corrected chi connectivity index (χ1v) is 13.4. The highest BCUT2D eigenvalue weighted by atomic mass is 35.5. The van der Waals surface area contributed by atoms with Crippen LogP contribution in [0.3, 0.4) is 0 Å². The number of unbranched alkanes of at least 4 members (excludes halogenated alkanes) is 2. The van der Waals surface area contributed by atoms with Crippen molar-refractivity contribution in [3.63, 3.8) is 0 Å². The number of likely N-dealkylation sites (tertiary alicyclic amines) is 1. The minimum atomic E-state index is -0.825. The number of hydrogen-bond donors (Lipinski definition) is 1. The molecule has 0 bridgehead atoms. The average Bonchev–Trinajstić information content (AvgIpc) is 3.16. The maximum Gasteiger partial charge on any atom is 0.251 e. The highest BCUT2D eigenvalue weighted by Crippen LogP contribution is 2.61. The molecule has 1 N–H and O–H groups in total. The Morgan fingerprint density at radius 3 is 2.63 bits per heavy atom. The van der Waals surface area contributed by atoms with E-state index >= 15 is 0 Å². The smallest absolute Gasteiger partial charge is 0.251 e. The molecule has 0 radical (unpaired) electrons. The van der Waals surface area contributed by atoms with E-state index in [1.807, 2.05) is 42.5 Å². The van der Waals surface area contributed by atoms with Crippen molar-refractivity contribution in [2.75, 3.05) is 38.2 Å². The van der Waals surface area contributed by atoms with Gasteiger partial charge in [-0.1, -0.05) is 48.0 Å². The number of benzene rings is 1. The third-order valence-corrected chi connectivity index (χ3v) is 9.62. The number of carbonyl (C=O) groups excluding carboxylic acids is 3. The maximum absolute atomic E-state index is 14.2. The van der Waals surface area contributed by atoms with E-state index in [2.05, 4.69) is 0 Å². The second kappa shape index (κ2) is 9.64. The highest BCUT2D eigenvalue weighted by Gasteiger charge is 2.70. The lowest BCUT2D eigenvalue weighted by atomic mass is 9.78. The molecule has 0 saturated carbocycles. The van der Waals surface area contributed by atoms with Gasteiger partial charge in [-0.15, -0.1) is 11.8 Å². The molecule has 5 atom stereocenters. The van der Waals surface area contributed by atoms with Crippen LogP contribution < -0.4 is 4.90 Å². The van der Waals surface area contributed by atoms with E-state index in [-0.39, 0.29) is 29.6 Å². The van der Waals surface area contributed by atoms with E-state index in [4.69, 9.17) is 11.6 Å². The summed E-state index contributed by atoms with van der Waals surface area (Å²) in [4.78, 5) is 46.7. The van der Waals surface area contributed by atoms with Crippen LogP contribution in [0.5, 0.6) is 0 Å². The number of carbonyl (C=O) groups is 3. The molecule has 3 amide bonds. The number of hydrogen-bond acceptors (Lipinski definition) is 5. The second-order valence-electron chi connectivity index (χ2n) is 9.61. The molecule has 4 aliphatic heterocycles. The van der Waals surface area contributed by atoms with Crippen molar-refractivity contribution in [1.29, 1.82) is 0 Å². The van der Waals surface area contributed by atoms with Gasteiger partial charge < -0.3 is 19.8 Å². The first kappa shape index (κ1) is 24.4. The topological polar surface area (TPSA) is 81.2 Å². The number of rotatable bonds is 6. The average molecular weight is 516 g/mol. The van der Waals surface area contributed by atoms with Crippen LogP contribution in [0, 0.1) is 11.8 Å². The van der Waals surface area contributed by atoms with Gasteiger partial charge in [0.05, 0.1) is 27.3 Å². The van der Waals surface area contributed by atoms with Crippen LogP contribution in [0.4, 0.5) is 5.69 Å². The molecule has 9 heteroatoms. The summed E-state index contributed by atoms with van der Waals surface area (Å²) in [5.74, 6) is -1.46.